The quantitative estimate of drug-likeness (QED) is 0.0944. The maximum absolute atomic E-state index is 13.1. The fourth-order valence-corrected chi connectivity index (χ4v) is 8.17. The minimum absolute atomic E-state index is 0.899. The Labute approximate surface area is 294 Å². The average molecular weight is 661 g/mol. The molecule has 0 atom stereocenters. The highest BCUT2D eigenvalue weighted by Gasteiger charge is 2.20. The summed E-state index contributed by atoms with van der Waals surface area (Å²) in [6.07, 6.45) is 0. The van der Waals surface area contributed by atoms with E-state index < -0.39 is 7.14 Å². The fraction of sp³-hybridized carbons (Fsp3) is 0.0417. The number of rotatable bonds is 7. The van der Waals surface area contributed by atoms with Crippen LogP contribution in [0.1, 0.15) is 22.3 Å². The van der Waals surface area contributed by atoms with Crippen molar-refractivity contribution in [2.24, 2.45) is 0 Å². The number of fused-ring (bicyclic) bond motifs is 2. The molecule has 0 saturated heterocycles. The standard InChI is InChI=1S/C48H37OP/c1-50(2,49)40-24-16-23-39(33-40)48-43-27-14-12-25-41(43)47(42-26-13-15-28-44(42)48)38-31-29-37(30-32-38)46(36-21-10-5-11-22-36)45(34-17-6-3-7-18-34)35-19-8-4-9-20-35/h3-33H,1-2H3. The normalized spacial score (nSPS) is 11.5. The minimum Gasteiger partial charge on any atom is -0.319 e. The highest BCUT2D eigenvalue weighted by atomic mass is 31.2. The molecule has 0 aliphatic heterocycles. The third-order valence-electron chi connectivity index (χ3n) is 9.59. The van der Waals surface area contributed by atoms with Gasteiger partial charge in [0.05, 0.1) is 0 Å². The molecule has 0 aliphatic carbocycles. The van der Waals surface area contributed by atoms with E-state index in [1.54, 1.807) is 0 Å². The van der Waals surface area contributed by atoms with Crippen molar-refractivity contribution in [1.29, 1.82) is 0 Å². The summed E-state index contributed by atoms with van der Waals surface area (Å²) in [5.41, 5.74) is 11.8. The lowest BCUT2D eigenvalue weighted by molar-refractivity contribution is 0.588. The molecule has 0 N–H and O–H groups in total. The Morgan fingerprint density at radius 3 is 1.12 bits per heavy atom. The number of benzene rings is 8. The first kappa shape index (κ1) is 31.5. The first-order valence-electron chi connectivity index (χ1n) is 17.1. The molecule has 0 aliphatic rings. The molecule has 240 valence electrons. The molecule has 8 rings (SSSR count). The molecule has 8 aromatic rings. The minimum atomic E-state index is -2.43. The van der Waals surface area contributed by atoms with Crippen molar-refractivity contribution in [3.05, 3.63) is 210 Å². The molecule has 2 heteroatoms. The van der Waals surface area contributed by atoms with E-state index in [-0.39, 0.29) is 0 Å². The second-order valence-electron chi connectivity index (χ2n) is 13.2. The van der Waals surface area contributed by atoms with E-state index in [9.17, 15) is 4.57 Å². The molecular formula is C48H37OP. The molecular weight excluding hydrogens is 624 g/mol. The average Bonchev–Trinajstić information content (AvgIpc) is 3.17. The van der Waals surface area contributed by atoms with Crippen molar-refractivity contribution in [3.63, 3.8) is 0 Å². The summed E-state index contributed by atoms with van der Waals surface area (Å²) in [5.74, 6) is 0. The summed E-state index contributed by atoms with van der Waals surface area (Å²) in [6, 6.07) is 67.0. The van der Waals surface area contributed by atoms with E-state index in [4.69, 9.17) is 0 Å². The Morgan fingerprint density at radius 1 is 0.360 bits per heavy atom. The van der Waals surface area contributed by atoms with Crippen molar-refractivity contribution in [2.75, 3.05) is 13.3 Å². The maximum atomic E-state index is 13.1. The van der Waals surface area contributed by atoms with Gasteiger partial charge in [-0.1, -0.05) is 182 Å². The first-order chi connectivity index (χ1) is 24.5. The maximum Gasteiger partial charge on any atom is 0.109 e. The van der Waals surface area contributed by atoms with Crippen LogP contribution in [0.25, 0.3) is 54.9 Å². The third kappa shape index (κ3) is 5.91. The SMILES string of the molecule is CP(C)(=O)c1cccc(-c2c3ccccc3c(-c3ccc(C(=C(c4ccccc4)c4ccccc4)c4ccccc4)cc3)c3ccccc23)c1. The van der Waals surface area contributed by atoms with Gasteiger partial charge >= 0.3 is 0 Å². The van der Waals surface area contributed by atoms with E-state index in [0.29, 0.717) is 0 Å². The third-order valence-corrected chi connectivity index (χ3v) is 11.1. The molecule has 0 spiro atoms. The Bertz CT molecular complexity index is 2440. The van der Waals surface area contributed by atoms with Gasteiger partial charge in [0, 0.05) is 5.30 Å². The molecule has 50 heavy (non-hydrogen) atoms. The van der Waals surface area contributed by atoms with E-state index >= 15 is 0 Å². The molecule has 1 nitrogen and oxygen atoms in total. The molecule has 0 unspecified atom stereocenters. The van der Waals surface area contributed by atoms with Crippen LogP contribution in [0.5, 0.6) is 0 Å². The zero-order valence-corrected chi connectivity index (χ0v) is 29.1. The first-order valence-corrected chi connectivity index (χ1v) is 19.7. The predicted octanol–water partition coefficient (Wildman–Crippen LogP) is 12.6. The van der Waals surface area contributed by atoms with Gasteiger partial charge in [-0.05, 0) is 96.6 Å². The number of hydrogen-bond donors (Lipinski definition) is 0. The van der Waals surface area contributed by atoms with Crippen LogP contribution in [0.4, 0.5) is 0 Å². The molecule has 0 fully saturated rings. The predicted molar refractivity (Wildman–Crippen MR) is 216 cm³/mol. The zero-order chi connectivity index (χ0) is 34.1. The monoisotopic (exact) mass is 660 g/mol. The van der Waals surface area contributed by atoms with Gasteiger partial charge in [0.15, 0.2) is 0 Å². The molecule has 0 bridgehead atoms. The van der Waals surface area contributed by atoms with Crippen LogP contribution in [0.3, 0.4) is 0 Å². The van der Waals surface area contributed by atoms with Gasteiger partial charge in [0.25, 0.3) is 0 Å². The lowest BCUT2D eigenvalue weighted by Crippen LogP contribution is -2.02. The summed E-state index contributed by atoms with van der Waals surface area (Å²) in [6.45, 7) is 3.69. The topological polar surface area (TPSA) is 17.1 Å². The highest BCUT2D eigenvalue weighted by molar-refractivity contribution is 7.70. The van der Waals surface area contributed by atoms with E-state index in [0.717, 1.165) is 16.4 Å². The fourth-order valence-electron chi connectivity index (χ4n) is 7.28. The largest absolute Gasteiger partial charge is 0.319 e. The molecule has 0 amide bonds. The summed E-state index contributed by atoms with van der Waals surface area (Å²) >= 11 is 0. The molecule has 0 radical (unpaired) electrons. The molecule has 0 aromatic heterocycles. The molecule has 8 aromatic carbocycles. The van der Waals surface area contributed by atoms with Crippen molar-refractivity contribution in [3.8, 4) is 22.3 Å². The zero-order valence-electron chi connectivity index (χ0n) is 28.3. The van der Waals surface area contributed by atoms with Gasteiger partial charge in [-0.25, -0.2) is 0 Å². The Kier molecular flexibility index (Phi) is 8.37. The Balaban J connectivity index is 1.36. The van der Waals surface area contributed by atoms with Gasteiger partial charge in [0.2, 0.25) is 0 Å². The van der Waals surface area contributed by atoms with Crippen molar-refractivity contribution in [2.45, 2.75) is 0 Å². The van der Waals surface area contributed by atoms with Crippen LogP contribution in [-0.2, 0) is 4.57 Å². The second-order valence-corrected chi connectivity index (χ2v) is 16.4. The Hall–Kier alpha value is -5.75. The van der Waals surface area contributed by atoms with Crippen LogP contribution < -0.4 is 5.30 Å². The lowest BCUT2D eigenvalue weighted by Gasteiger charge is -2.20. The lowest BCUT2D eigenvalue weighted by atomic mass is 9.84. The van der Waals surface area contributed by atoms with Crippen LogP contribution >= 0.6 is 7.14 Å². The Morgan fingerprint density at radius 2 is 0.720 bits per heavy atom. The summed E-state index contributed by atoms with van der Waals surface area (Å²) in [7, 11) is -2.43. The van der Waals surface area contributed by atoms with Gasteiger partial charge < -0.3 is 4.57 Å². The summed E-state index contributed by atoms with van der Waals surface area (Å²) in [4.78, 5) is 0. The van der Waals surface area contributed by atoms with Gasteiger partial charge in [-0.15, -0.1) is 0 Å². The van der Waals surface area contributed by atoms with Gasteiger partial charge in [0.1, 0.15) is 7.14 Å². The smallest absolute Gasteiger partial charge is 0.109 e. The highest BCUT2D eigenvalue weighted by Crippen LogP contribution is 2.45. The van der Waals surface area contributed by atoms with Crippen molar-refractivity contribution in [1.82, 2.24) is 0 Å². The van der Waals surface area contributed by atoms with Crippen molar-refractivity contribution >= 4 is 45.1 Å². The molecule has 0 heterocycles. The van der Waals surface area contributed by atoms with Crippen LogP contribution in [-0.4, -0.2) is 13.3 Å². The van der Waals surface area contributed by atoms with Gasteiger partial charge in [-0.3, -0.25) is 0 Å². The number of hydrogen-bond acceptors (Lipinski definition) is 1. The summed E-state index contributed by atoms with van der Waals surface area (Å²) < 4.78 is 13.1. The van der Waals surface area contributed by atoms with Crippen LogP contribution in [0, 0.1) is 0 Å². The van der Waals surface area contributed by atoms with Crippen LogP contribution in [0.2, 0.25) is 0 Å². The van der Waals surface area contributed by atoms with Crippen LogP contribution in [0.15, 0.2) is 188 Å². The summed E-state index contributed by atoms with van der Waals surface area (Å²) in [5, 5.41) is 5.66. The molecule has 0 saturated carbocycles. The van der Waals surface area contributed by atoms with Crippen molar-refractivity contribution < 1.29 is 4.57 Å². The van der Waals surface area contributed by atoms with E-state index in [2.05, 4.69) is 176 Å². The van der Waals surface area contributed by atoms with E-state index in [1.165, 1.54) is 66.1 Å². The van der Waals surface area contributed by atoms with E-state index in [1.807, 2.05) is 25.5 Å². The van der Waals surface area contributed by atoms with Gasteiger partial charge in [-0.2, -0.15) is 0 Å². The second kappa shape index (κ2) is 13.3.